The van der Waals surface area contributed by atoms with Crippen molar-refractivity contribution in [2.45, 2.75) is 57.9 Å². The van der Waals surface area contributed by atoms with Gasteiger partial charge < -0.3 is 15.2 Å². The Morgan fingerprint density at radius 2 is 2.06 bits per heavy atom. The maximum Gasteiger partial charge on any atom is 0.0610 e. The molecule has 0 aliphatic heterocycles. The van der Waals surface area contributed by atoms with Gasteiger partial charge in [0, 0.05) is 18.8 Å². The Morgan fingerprint density at radius 3 is 2.65 bits per heavy atom. The number of hydrogen-bond donors (Lipinski definition) is 2. The molecule has 3 heteroatoms. The van der Waals surface area contributed by atoms with E-state index in [9.17, 15) is 5.11 Å². The van der Waals surface area contributed by atoms with Gasteiger partial charge in [0.25, 0.3) is 0 Å². The number of unbranched alkanes of at least 4 members (excludes halogenated alkanes) is 1. The summed E-state index contributed by atoms with van der Waals surface area (Å²) in [5, 5.41) is 12.7. The van der Waals surface area contributed by atoms with Crippen LogP contribution in [-0.4, -0.2) is 37.0 Å². The molecule has 2 N–H and O–H groups in total. The molecule has 0 aromatic heterocycles. The predicted octanol–water partition coefficient (Wildman–Crippen LogP) is 2.33. The van der Waals surface area contributed by atoms with Crippen molar-refractivity contribution in [1.29, 1.82) is 0 Å². The maximum absolute atomic E-state index is 9.33. The van der Waals surface area contributed by atoms with E-state index in [-0.39, 0.29) is 12.1 Å². The highest BCUT2D eigenvalue weighted by molar-refractivity contribution is 4.81. The molecule has 0 amide bonds. The van der Waals surface area contributed by atoms with Gasteiger partial charge in [0.2, 0.25) is 0 Å². The van der Waals surface area contributed by atoms with Gasteiger partial charge in [0.05, 0.1) is 6.61 Å². The summed E-state index contributed by atoms with van der Waals surface area (Å²) in [6.07, 6.45) is 7.33. The average molecular weight is 243 g/mol. The molecular formula is C14H29NO2. The highest BCUT2D eigenvalue weighted by Gasteiger charge is 2.21. The molecule has 0 spiro atoms. The second kappa shape index (κ2) is 8.06. The van der Waals surface area contributed by atoms with Crippen molar-refractivity contribution >= 4 is 0 Å². The molecule has 0 aromatic rings. The summed E-state index contributed by atoms with van der Waals surface area (Å²) in [7, 11) is 0. The smallest absolute Gasteiger partial charge is 0.0610 e. The van der Waals surface area contributed by atoms with E-state index in [4.69, 9.17) is 4.74 Å². The molecule has 0 bridgehead atoms. The van der Waals surface area contributed by atoms with Gasteiger partial charge in [0.15, 0.2) is 0 Å². The van der Waals surface area contributed by atoms with E-state index in [0.29, 0.717) is 0 Å². The minimum absolute atomic E-state index is 0.108. The number of hydrogen-bond acceptors (Lipinski definition) is 3. The van der Waals surface area contributed by atoms with Crippen LogP contribution in [0.25, 0.3) is 0 Å². The topological polar surface area (TPSA) is 41.5 Å². The van der Waals surface area contributed by atoms with Crippen molar-refractivity contribution in [2.24, 2.45) is 5.92 Å². The number of ether oxygens (including phenoxy) is 1. The molecular weight excluding hydrogens is 214 g/mol. The Labute approximate surface area is 106 Å². The Kier molecular flexibility index (Phi) is 7.09. The average Bonchev–Trinajstić information content (AvgIpc) is 3.12. The van der Waals surface area contributed by atoms with Crippen molar-refractivity contribution in [3.05, 3.63) is 0 Å². The first-order valence-corrected chi connectivity index (χ1v) is 7.14. The van der Waals surface area contributed by atoms with Crippen LogP contribution in [0.5, 0.6) is 0 Å². The van der Waals surface area contributed by atoms with Gasteiger partial charge in [-0.1, -0.05) is 19.8 Å². The molecule has 1 fully saturated rings. The van der Waals surface area contributed by atoms with Crippen LogP contribution >= 0.6 is 0 Å². The fourth-order valence-electron chi connectivity index (χ4n) is 2.13. The molecule has 3 nitrogen and oxygen atoms in total. The van der Waals surface area contributed by atoms with Gasteiger partial charge in [-0.05, 0) is 45.1 Å². The second-order valence-corrected chi connectivity index (χ2v) is 5.55. The van der Waals surface area contributed by atoms with E-state index < -0.39 is 0 Å². The number of aliphatic hydroxyl groups excluding tert-OH is 1. The first kappa shape index (κ1) is 14.9. The zero-order chi connectivity index (χ0) is 12.6. The van der Waals surface area contributed by atoms with Gasteiger partial charge >= 0.3 is 0 Å². The third kappa shape index (κ3) is 7.02. The molecule has 17 heavy (non-hydrogen) atoms. The van der Waals surface area contributed by atoms with Crippen LogP contribution in [-0.2, 0) is 4.74 Å². The molecule has 102 valence electrons. The van der Waals surface area contributed by atoms with E-state index >= 15 is 0 Å². The zero-order valence-electron chi connectivity index (χ0n) is 11.5. The van der Waals surface area contributed by atoms with Crippen LogP contribution in [0.4, 0.5) is 0 Å². The van der Waals surface area contributed by atoms with Gasteiger partial charge in [0.1, 0.15) is 0 Å². The molecule has 0 radical (unpaired) electrons. The first-order chi connectivity index (χ1) is 8.20. The van der Waals surface area contributed by atoms with Gasteiger partial charge in [-0.2, -0.15) is 0 Å². The molecule has 1 unspecified atom stereocenters. The zero-order valence-corrected chi connectivity index (χ0v) is 11.5. The second-order valence-electron chi connectivity index (χ2n) is 5.55. The molecule has 1 rings (SSSR count). The van der Waals surface area contributed by atoms with Crippen LogP contribution in [0.15, 0.2) is 0 Å². The van der Waals surface area contributed by atoms with E-state index in [1.807, 2.05) is 0 Å². The summed E-state index contributed by atoms with van der Waals surface area (Å²) in [6, 6.07) is 0. The van der Waals surface area contributed by atoms with Gasteiger partial charge in [-0.15, -0.1) is 0 Å². The highest BCUT2D eigenvalue weighted by atomic mass is 16.5. The van der Waals surface area contributed by atoms with Crippen LogP contribution < -0.4 is 5.32 Å². The van der Waals surface area contributed by atoms with Crippen molar-refractivity contribution in [2.75, 3.05) is 26.4 Å². The molecule has 0 heterocycles. The summed E-state index contributed by atoms with van der Waals surface area (Å²) < 4.78 is 5.61. The third-order valence-corrected chi connectivity index (χ3v) is 3.59. The van der Waals surface area contributed by atoms with Crippen LogP contribution in [0.1, 0.15) is 52.4 Å². The Morgan fingerprint density at radius 1 is 1.29 bits per heavy atom. The lowest BCUT2D eigenvalue weighted by molar-refractivity contribution is 0.117. The van der Waals surface area contributed by atoms with E-state index in [0.717, 1.165) is 44.9 Å². The molecule has 0 aromatic carbocycles. The lowest BCUT2D eigenvalue weighted by atomic mass is 9.96. The Balaban J connectivity index is 1.90. The monoisotopic (exact) mass is 243 g/mol. The van der Waals surface area contributed by atoms with E-state index in [1.165, 1.54) is 19.3 Å². The molecule has 0 saturated heterocycles. The van der Waals surface area contributed by atoms with E-state index in [1.54, 1.807) is 0 Å². The van der Waals surface area contributed by atoms with Crippen LogP contribution in [0.2, 0.25) is 0 Å². The minimum atomic E-state index is -0.108. The van der Waals surface area contributed by atoms with Crippen molar-refractivity contribution < 1.29 is 9.84 Å². The minimum Gasteiger partial charge on any atom is -0.394 e. The van der Waals surface area contributed by atoms with Crippen LogP contribution in [0.3, 0.4) is 0 Å². The molecule has 1 saturated carbocycles. The Hall–Kier alpha value is -0.120. The SMILES string of the molecule is CCNC(C)(CO)CCCCOCCC1CC1. The first-order valence-electron chi connectivity index (χ1n) is 7.14. The van der Waals surface area contributed by atoms with Gasteiger partial charge in [-0.25, -0.2) is 0 Å². The third-order valence-electron chi connectivity index (χ3n) is 3.59. The summed E-state index contributed by atoms with van der Waals surface area (Å²) in [5.74, 6) is 0.974. The predicted molar refractivity (Wildman–Crippen MR) is 71.2 cm³/mol. The number of rotatable bonds is 11. The van der Waals surface area contributed by atoms with Crippen molar-refractivity contribution in [3.63, 3.8) is 0 Å². The van der Waals surface area contributed by atoms with Crippen molar-refractivity contribution in [3.8, 4) is 0 Å². The van der Waals surface area contributed by atoms with Crippen molar-refractivity contribution in [1.82, 2.24) is 5.32 Å². The fraction of sp³-hybridized carbons (Fsp3) is 1.00. The summed E-state index contributed by atoms with van der Waals surface area (Å²) in [6.45, 7) is 7.10. The fourth-order valence-corrected chi connectivity index (χ4v) is 2.13. The summed E-state index contributed by atoms with van der Waals surface area (Å²) in [4.78, 5) is 0. The molecule has 1 atom stereocenters. The number of likely N-dealkylation sites (N-methyl/N-ethyl adjacent to an activating group) is 1. The molecule has 1 aliphatic rings. The lowest BCUT2D eigenvalue weighted by Crippen LogP contribution is -2.45. The largest absolute Gasteiger partial charge is 0.394 e. The summed E-state index contributed by atoms with van der Waals surface area (Å²) >= 11 is 0. The van der Waals surface area contributed by atoms with Crippen LogP contribution in [0, 0.1) is 5.92 Å². The number of aliphatic hydroxyl groups is 1. The Bertz CT molecular complexity index is 195. The quantitative estimate of drug-likeness (QED) is 0.547. The number of nitrogens with one attached hydrogen (secondary N) is 1. The highest BCUT2D eigenvalue weighted by Crippen LogP contribution is 2.32. The summed E-state index contributed by atoms with van der Waals surface area (Å²) in [5.41, 5.74) is -0.108. The normalized spacial score (nSPS) is 19.2. The maximum atomic E-state index is 9.33. The standard InChI is InChI=1S/C14H29NO2/c1-3-15-14(2,12-16)9-4-5-10-17-11-8-13-6-7-13/h13,15-16H,3-12H2,1-2H3. The van der Waals surface area contributed by atoms with Gasteiger partial charge in [-0.3, -0.25) is 0 Å². The van der Waals surface area contributed by atoms with E-state index in [2.05, 4.69) is 19.2 Å². The molecule has 1 aliphatic carbocycles. The lowest BCUT2D eigenvalue weighted by Gasteiger charge is -2.28.